The average Bonchev–Trinajstić information content (AvgIpc) is 2.58. The second kappa shape index (κ2) is 8.16. The van der Waals surface area contributed by atoms with E-state index in [1.54, 1.807) is 0 Å². The molecule has 0 atom stereocenters. The van der Waals surface area contributed by atoms with Gasteiger partial charge in [0.2, 0.25) is 0 Å². The van der Waals surface area contributed by atoms with Crippen LogP contribution < -0.4 is 0 Å². The highest BCUT2D eigenvalue weighted by atomic mass is 19.1. The van der Waals surface area contributed by atoms with E-state index in [-0.39, 0.29) is 11.1 Å². The quantitative estimate of drug-likeness (QED) is 0.820. The zero-order valence-corrected chi connectivity index (χ0v) is 12.4. The first kappa shape index (κ1) is 17.6. The van der Waals surface area contributed by atoms with Gasteiger partial charge in [0.1, 0.15) is 31.0 Å². The van der Waals surface area contributed by atoms with Crippen LogP contribution in [0.15, 0.2) is 48.5 Å². The van der Waals surface area contributed by atoms with Gasteiger partial charge in [-0.05, 0) is 24.3 Å². The van der Waals surface area contributed by atoms with E-state index in [4.69, 9.17) is 9.47 Å². The van der Waals surface area contributed by atoms with Gasteiger partial charge in [0, 0.05) is 0 Å². The van der Waals surface area contributed by atoms with Crippen LogP contribution in [0, 0.1) is 11.6 Å². The third-order valence-corrected chi connectivity index (χ3v) is 3.00. The Bertz CT molecular complexity index is 671. The largest absolute Gasteiger partial charge is 0.459 e. The minimum atomic E-state index is -1.32. The Morgan fingerprint density at radius 1 is 0.833 bits per heavy atom. The lowest BCUT2D eigenvalue weighted by Crippen LogP contribution is -2.26. The Morgan fingerprint density at radius 3 is 1.58 bits per heavy atom. The molecule has 1 N–H and O–H groups in total. The number of hydrogen-bond acceptors (Lipinski definition) is 5. The number of benzene rings is 2. The fraction of sp³-hybridized carbons (Fsp3) is 0.176. The maximum absolute atomic E-state index is 13.4. The first-order valence-electron chi connectivity index (χ1n) is 7.00. The van der Waals surface area contributed by atoms with Crippen molar-refractivity contribution in [2.75, 3.05) is 13.2 Å². The molecule has 0 spiro atoms. The Labute approximate surface area is 136 Å². The summed E-state index contributed by atoms with van der Waals surface area (Å²) in [6.45, 7) is -1.00. The number of rotatable bonds is 6. The standard InChI is InChI=1S/C17H14F2O5/c18-14-7-3-1-5-12(14)16(21)23-9-11(20)10-24-17(22)13-6-2-4-8-15(13)19/h1-8,11,20H,9-10H2. The topological polar surface area (TPSA) is 72.8 Å². The molecule has 0 bridgehead atoms. The van der Waals surface area contributed by atoms with Gasteiger partial charge in [-0.25, -0.2) is 18.4 Å². The van der Waals surface area contributed by atoms with Crippen molar-refractivity contribution in [2.45, 2.75) is 6.10 Å². The van der Waals surface area contributed by atoms with Crippen molar-refractivity contribution >= 4 is 11.9 Å². The van der Waals surface area contributed by atoms with Crippen LogP contribution in [0.4, 0.5) is 8.78 Å². The van der Waals surface area contributed by atoms with Crippen molar-refractivity contribution in [2.24, 2.45) is 0 Å². The molecule has 2 aromatic carbocycles. The predicted octanol–water partition coefficient (Wildman–Crippen LogP) is 2.34. The van der Waals surface area contributed by atoms with Gasteiger partial charge in [-0.15, -0.1) is 0 Å². The molecule has 0 saturated carbocycles. The summed E-state index contributed by atoms with van der Waals surface area (Å²) in [6.07, 6.45) is -1.32. The van der Waals surface area contributed by atoms with Gasteiger partial charge in [0.05, 0.1) is 11.1 Å². The Morgan fingerprint density at radius 2 is 1.21 bits per heavy atom. The van der Waals surface area contributed by atoms with Crippen molar-refractivity contribution in [1.82, 2.24) is 0 Å². The summed E-state index contributed by atoms with van der Waals surface area (Å²) in [6, 6.07) is 10.4. The summed E-state index contributed by atoms with van der Waals surface area (Å²) in [5, 5.41) is 9.64. The van der Waals surface area contributed by atoms with Crippen LogP contribution in [-0.4, -0.2) is 36.4 Å². The number of carbonyl (C=O) groups excluding carboxylic acids is 2. The molecule has 2 rings (SSSR count). The van der Waals surface area contributed by atoms with Crippen LogP contribution in [0.1, 0.15) is 20.7 Å². The van der Waals surface area contributed by atoms with Gasteiger partial charge in [-0.1, -0.05) is 24.3 Å². The first-order valence-corrected chi connectivity index (χ1v) is 7.00. The fourth-order valence-corrected chi connectivity index (χ4v) is 1.80. The monoisotopic (exact) mass is 336 g/mol. The molecule has 0 aromatic heterocycles. The van der Waals surface area contributed by atoms with E-state index in [1.165, 1.54) is 36.4 Å². The smallest absolute Gasteiger partial charge is 0.341 e. The highest BCUT2D eigenvalue weighted by molar-refractivity contribution is 5.90. The number of esters is 2. The molecule has 2 aromatic rings. The predicted molar refractivity (Wildman–Crippen MR) is 79.4 cm³/mol. The normalized spacial score (nSPS) is 10.5. The van der Waals surface area contributed by atoms with Crippen molar-refractivity contribution in [1.29, 1.82) is 0 Å². The lowest BCUT2D eigenvalue weighted by molar-refractivity contribution is -0.00506. The summed E-state index contributed by atoms with van der Waals surface area (Å²) in [5.74, 6) is -3.40. The van der Waals surface area contributed by atoms with Crippen molar-refractivity contribution < 1.29 is 33.0 Å². The number of aliphatic hydroxyl groups is 1. The van der Waals surface area contributed by atoms with E-state index in [9.17, 15) is 23.5 Å². The first-order chi connectivity index (χ1) is 11.5. The zero-order chi connectivity index (χ0) is 17.5. The molecule has 0 unspecified atom stereocenters. The molecular weight excluding hydrogens is 322 g/mol. The molecule has 0 heterocycles. The highest BCUT2D eigenvalue weighted by Gasteiger charge is 2.17. The lowest BCUT2D eigenvalue weighted by Gasteiger charge is -2.12. The molecule has 126 valence electrons. The highest BCUT2D eigenvalue weighted by Crippen LogP contribution is 2.10. The van der Waals surface area contributed by atoms with E-state index in [2.05, 4.69) is 0 Å². The van der Waals surface area contributed by atoms with E-state index in [1.807, 2.05) is 0 Å². The number of carbonyl (C=O) groups is 2. The minimum absolute atomic E-state index is 0.270. The van der Waals surface area contributed by atoms with Gasteiger partial charge in [0.25, 0.3) is 0 Å². The van der Waals surface area contributed by atoms with Gasteiger partial charge in [-0.3, -0.25) is 0 Å². The number of aliphatic hydroxyl groups excluding tert-OH is 1. The summed E-state index contributed by atoms with van der Waals surface area (Å²) in [7, 11) is 0. The van der Waals surface area contributed by atoms with E-state index >= 15 is 0 Å². The number of ether oxygens (including phenoxy) is 2. The summed E-state index contributed by atoms with van der Waals surface area (Å²) >= 11 is 0. The molecule has 0 saturated heterocycles. The maximum Gasteiger partial charge on any atom is 0.341 e. The summed E-state index contributed by atoms with van der Waals surface area (Å²) in [4.78, 5) is 23.3. The van der Waals surface area contributed by atoms with Gasteiger partial charge >= 0.3 is 11.9 Å². The van der Waals surface area contributed by atoms with Gasteiger partial charge in [0.15, 0.2) is 0 Å². The second-order valence-corrected chi connectivity index (χ2v) is 4.81. The maximum atomic E-state index is 13.4. The number of hydrogen-bond donors (Lipinski definition) is 1. The third-order valence-electron chi connectivity index (χ3n) is 3.00. The molecule has 0 aliphatic rings. The molecule has 0 amide bonds. The van der Waals surface area contributed by atoms with Gasteiger partial charge in [-0.2, -0.15) is 0 Å². The second-order valence-electron chi connectivity index (χ2n) is 4.81. The summed E-state index contributed by atoms with van der Waals surface area (Å²) < 4.78 is 36.2. The zero-order valence-electron chi connectivity index (χ0n) is 12.4. The van der Waals surface area contributed by atoms with E-state index in [0.717, 1.165) is 12.1 Å². The minimum Gasteiger partial charge on any atom is -0.459 e. The Hall–Kier alpha value is -2.80. The molecule has 5 nitrogen and oxygen atoms in total. The van der Waals surface area contributed by atoms with Crippen LogP contribution in [0.3, 0.4) is 0 Å². The van der Waals surface area contributed by atoms with Crippen LogP contribution >= 0.6 is 0 Å². The van der Waals surface area contributed by atoms with Crippen LogP contribution in [-0.2, 0) is 9.47 Å². The molecule has 0 radical (unpaired) electrons. The molecule has 7 heteroatoms. The van der Waals surface area contributed by atoms with Crippen LogP contribution in [0.5, 0.6) is 0 Å². The van der Waals surface area contributed by atoms with Gasteiger partial charge < -0.3 is 14.6 Å². The third kappa shape index (κ3) is 4.60. The lowest BCUT2D eigenvalue weighted by atomic mass is 10.2. The molecule has 0 fully saturated rings. The van der Waals surface area contributed by atoms with Crippen LogP contribution in [0.2, 0.25) is 0 Å². The Kier molecular flexibility index (Phi) is 5.97. The number of halogens is 2. The molecule has 24 heavy (non-hydrogen) atoms. The van der Waals surface area contributed by atoms with Crippen molar-refractivity contribution in [3.8, 4) is 0 Å². The van der Waals surface area contributed by atoms with Crippen molar-refractivity contribution in [3.63, 3.8) is 0 Å². The molecule has 0 aliphatic heterocycles. The van der Waals surface area contributed by atoms with E-state index < -0.39 is 42.9 Å². The SMILES string of the molecule is O=C(OCC(O)COC(=O)c1ccccc1F)c1ccccc1F. The average molecular weight is 336 g/mol. The Balaban J connectivity index is 1.80. The van der Waals surface area contributed by atoms with Crippen LogP contribution in [0.25, 0.3) is 0 Å². The van der Waals surface area contributed by atoms with E-state index in [0.29, 0.717) is 0 Å². The molecule has 0 aliphatic carbocycles. The fourth-order valence-electron chi connectivity index (χ4n) is 1.80. The van der Waals surface area contributed by atoms with Crippen molar-refractivity contribution in [3.05, 3.63) is 71.3 Å². The summed E-state index contributed by atoms with van der Waals surface area (Å²) in [5.41, 5.74) is -0.541. The molecular formula is C17H14F2O5.